The van der Waals surface area contributed by atoms with E-state index in [-0.39, 0.29) is 6.85 Å². The predicted octanol–water partition coefficient (Wildman–Crippen LogP) is 7.28. The third kappa shape index (κ3) is 4.53. The zero-order valence-electron chi connectivity index (χ0n) is 29.0. The lowest BCUT2D eigenvalue weighted by atomic mass is 9.45. The van der Waals surface area contributed by atoms with Crippen LogP contribution in [0.3, 0.4) is 0 Å². The van der Waals surface area contributed by atoms with E-state index in [1.807, 2.05) is 35.6 Å². The van der Waals surface area contributed by atoms with Gasteiger partial charge in [0.1, 0.15) is 23.5 Å². The lowest BCUT2D eigenvalue weighted by Crippen LogP contribution is -2.58. The fraction of sp³-hybridized carbons (Fsp3) is 0. The molecule has 0 fully saturated rings. The van der Waals surface area contributed by atoms with E-state index in [0.29, 0.717) is 33.6 Å². The summed E-state index contributed by atoms with van der Waals surface area (Å²) in [7, 11) is 19.7. The molecular weight excluding hydrogens is 670 g/mol. The first-order valence-corrected chi connectivity index (χ1v) is 18.8. The summed E-state index contributed by atoms with van der Waals surface area (Å²) in [4.78, 5) is 13.3. The van der Waals surface area contributed by atoms with Gasteiger partial charge in [0.25, 0.3) is 0 Å². The van der Waals surface area contributed by atoms with Crippen molar-refractivity contribution in [1.82, 2.24) is 9.97 Å². The van der Waals surface area contributed by atoms with Gasteiger partial charge in [0.2, 0.25) is 5.95 Å². The lowest BCUT2D eigenvalue weighted by molar-refractivity contribution is 1.16. The van der Waals surface area contributed by atoms with Crippen molar-refractivity contribution in [1.29, 1.82) is 0 Å². The minimum Gasteiger partial charge on any atom is -0.344 e. The zero-order chi connectivity index (χ0) is 36.1. The van der Waals surface area contributed by atoms with Crippen LogP contribution >= 0.6 is 11.3 Å². The number of rotatable bonds is 3. The van der Waals surface area contributed by atoms with Gasteiger partial charge < -0.3 is 4.81 Å². The molecule has 54 heavy (non-hydrogen) atoms. The summed E-state index contributed by atoms with van der Waals surface area (Å²) in [5, 5.41) is 8.15. The Morgan fingerprint density at radius 3 is 1.98 bits per heavy atom. The van der Waals surface area contributed by atoms with Crippen molar-refractivity contribution in [3.05, 3.63) is 152 Å². The smallest absolute Gasteiger partial charge is 0.332 e. The molecule has 11 rings (SSSR count). The predicted molar refractivity (Wildman–Crippen MR) is 235 cm³/mol. The highest BCUT2D eigenvalue weighted by atomic mass is 32.1. The summed E-state index contributed by atoms with van der Waals surface area (Å²) in [6.45, 7) is -0.275. The van der Waals surface area contributed by atoms with Crippen molar-refractivity contribution in [2.45, 2.75) is 0 Å². The first-order valence-electron chi connectivity index (χ1n) is 18.0. The van der Waals surface area contributed by atoms with E-state index in [4.69, 9.17) is 33.5 Å². The maximum Gasteiger partial charge on any atom is 0.332 e. The fourth-order valence-corrected chi connectivity index (χ4v) is 9.98. The Balaban J connectivity index is 1.37. The number of nitrogens with zero attached hydrogens (tertiary/aromatic N) is 3. The molecule has 6 radical (unpaired) electrons. The molecule has 0 saturated carbocycles. The van der Waals surface area contributed by atoms with Crippen LogP contribution in [-0.2, 0) is 0 Å². The van der Waals surface area contributed by atoms with Gasteiger partial charge in [-0.3, -0.25) is 0 Å². The van der Waals surface area contributed by atoms with Gasteiger partial charge in [0.05, 0.1) is 21.6 Å². The van der Waals surface area contributed by atoms with E-state index in [0.717, 1.165) is 22.1 Å². The Hall–Kier alpha value is -6.10. The van der Waals surface area contributed by atoms with E-state index < -0.39 is 0 Å². The number of thiophene rings is 1. The highest BCUT2D eigenvalue weighted by Crippen LogP contribution is 2.54. The van der Waals surface area contributed by atoms with E-state index >= 15 is 0 Å². The van der Waals surface area contributed by atoms with Crippen molar-refractivity contribution >= 4 is 133 Å². The number of fused-ring (bicyclic) bond motifs is 13. The Bertz CT molecular complexity index is 3160. The van der Waals surface area contributed by atoms with Crippen LogP contribution in [0.15, 0.2) is 152 Å². The van der Waals surface area contributed by atoms with Gasteiger partial charge in [-0.05, 0) is 50.3 Å². The van der Waals surface area contributed by atoms with Crippen molar-refractivity contribution in [2.75, 3.05) is 4.81 Å². The van der Waals surface area contributed by atoms with Crippen LogP contribution in [0, 0.1) is 0 Å². The van der Waals surface area contributed by atoms with Crippen molar-refractivity contribution in [3.63, 3.8) is 0 Å². The SMILES string of the molecule is [B]c1cc([B])c(-c2nc(N3B(c4ccccc4)c4ccc5ccccc5c4-c4c3c3sc5ccccc5c3c3ccccc43)nc3ccccc23)c([B])c1. The molecule has 0 atom stereocenters. The Kier molecular flexibility index (Phi) is 6.96. The second kappa shape index (κ2) is 12.0. The highest BCUT2D eigenvalue weighted by Gasteiger charge is 2.42. The van der Waals surface area contributed by atoms with Gasteiger partial charge in [-0.15, -0.1) is 11.3 Å². The van der Waals surface area contributed by atoms with Crippen LogP contribution in [0.25, 0.3) is 75.0 Å². The number of anilines is 2. The molecule has 3 nitrogen and oxygen atoms in total. The lowest BCUT2D eigenvalue weighted by Gasteiger charge is -2.39. The van der Waals surface area contributed by atoms with Crippen molar-refractivity contribution < 1.29 is 0 Å². The van der Waals surface area contributed by atoms with Gasteiger partial charge in [0.15, 0.2) is 0 Å². The Morgan fingerprint density at radius 2 is 1.19 bits per heavy atom. The molecule has 0 amide bonds. The first kappa shape index (κ1) is 31.4. The molecule has 242 valence electrons. The van der Waals surface area contributed by atoms with Gasteiger partial charge in [-0.1, -0.05) is 161 Å². The standard InChI is InChI=1S/C46H25B4N3S/c47-27-24-34(48)42(35(49)25-27)43-32-18-8-10-20-37(32)51-46(52-43)53-44-41(31-17-7-6-16-30(31)39-33-19-9-11-21-38(33)54-45(39)44)40-29-15-5-4-12-26(29)22-23-36(40)50(53)28-13-2-1-3-14-28/h1-25H. The molecular formula is C46H25B4N3S. The zero-order valence-corrected chi connectivity index (χ0v) is 29.8. The van der Waals surface area contributed by atoms with Gasteiger partial charge in [0, 0.05) is 26.4 Å². The Morgan fingerprint density at radius 1 is 0.537 bits per heavy atom. The topological polar surface area (TPSA) is 29.0 Å². The number of benzene rings is 8. The molecule has 1 aliphatic heterocycles. The van der Waals surface area contributed by atoms with Gasteiger partial charge >= 0.3 is 6.85 Å². The van der Waals surface area contributed by atoms with Crippen LogP contribution in [0.1, 0.15) is 0 Å². The summed E-state index contributed by atoms with van der Waals surface area (Å²) >= 11 is 1.83. The molecule has 8 aromatic carbocycles. The van der Waals surface area contributed by atoms with E-state index in [1.165, 1.54) is 58.3 Å². The Labute approximate surface area is 320 Å². The molecule has 0 unspecified atom stereocenters. The van der Waals surface area contributed by atoms with E-state index in [9.17, 15) is 0 Å². The summed E-state index contributed by atoms with van der Waals surface area (Å²) in [6, 6.07) is 53.1. The maximum absolute atomic E-state index is 6.73. The average Bonchev–Trinajstić information content (AvgIpc) is 3.60. The maximum atomic E-state index is 6.73. The van der Waals surface area contributed by atoms with Crippen LogP contribution in [-0.4, -0.2) is 40.4 Å². The van der Waals surface area contributed by atoms with E-state index in [2.05, 4.69) is 120 Å². The van der Waals surface area contributed by atoms with Crippen molar-refractivity contribution in [3.8, 4) is 22.4 Å². The van der Waals surface area contributed by atoms with Crippen LogP contribution in [0.5, 0.6) is 0 Å². The van der Waals surface area contributed by atoms with Crippen LogP contribution in [0.4, 0.5) is 11.6 Å². The second-order valence-electron chi connectivity index (χ2n) is 14.0. The summed E-state index contributed by atoms with van der Waals surface area (Å²) < 4.78 is 2.42. The largest absolute Gasteiger partial charge is 0.344 e. The number of para-hydroxylation sites is 1. The number of hydrogen-bond acceptors (Lipinski definition) is 4. The molecule has 1 aliphatic rings. The minimum atomic E-state index is -0.275. The monoisotopic (exact) mass is 695 g/mol. The quantitative estimate of drug-likeness (QED) is 0.182. The second-order valence-corrected chi connectivity index (χ2v) is 15.0. The van der Waals surface area contributed by atoms with Gasteiger partial charge in [-0.2, -0.15) is 0 Å². The minimum absolute atomic E-state index is 0.275. The fourth-order valence-electron chi connectivity index (χ4n) is 8.71. The third-order valence-electron chi connectivity index (χ3n) is 10.9. The van der Waals surface area contributed by atoms with Crippen LogP contribution in [0.2, 0.25) is 0 Å². The third-order valence-corrected chi connectivity index (χ3v) is 12.1. The summed E-state index contributed by atoms with van der Waals surface area (Å²) in [5.41, 5.74) is 9.35. The van der Waals surface area contributed by atoms with Crippen LogP contribution < -0.4 is 32.1 Å². The molecule has 8 heteroatoms. The molecule has 0 N–H and O–H groups in total. The summed E-state index contributed by atoms with van der Waals surface area (Å²) in [5.74, 6) is 0.558. The molecule has 0 aliphatic carbocycles. The normalized spacial score (nSPS) is 12.6. The van der Waals surface area contributed by atoms with Crippen molar-refractivity contribution in [2.24, 2.45) is 0 Å². The number of hydrogen-bond donors (Lipinski definition) is 0. The molecule has 0 saturated heterocycles. The highest BCUT2D eigenvalue weighted by molar-refractivity contribution is 7.26. The molecule has 0 spiro atoms. The van der Waals surface area contributed by atoms with Gasteiger partial charge in [-0.25, -0.2) is 9.97 Å². The number of aromatic nitrogens is 2. The summed E-state index contributed by atoms with van der Waals surface area (Å²) in [6.07, 6.45) is 0. The molecule has 2 aromatic heterocycles. The average molecular weight is 695 g/mol. The molecule has 10 aromatic rings. The van der Waals surface area contributed by atoms with E-state index in [1.54, 1.807) is 12.1 Å². The molecule has 3 heterocycles. The molecule has 0 bridgehead atoms. The first-order chi connectivity index (χ1) is 26.5.